The number of carbonyl (C=O) groups excluding carboxylic acids is 1. The Morgan fingerprint density at radius 1 is 1.38 bits per heavy atom. The topological polar surface area (TPSA) is 32.7 Å². The minimum Gasteiger partial charge on any atom is -0.297 e. The summed E-state index contributed by atoms with van der Waals surface area (Å²) < 4.78 is 0. The second kappa shape index (κ2) is 5.09. The van der Waals surface area contributed by atoms with Crippen molar-refractivity contribution in [2.75, 3.05) is 7.05 Å². The van der Waals surface area contributed by atoms with Crippen molar-refractivity contribution >= 4 is 12.5 Å². The molecule has 3 heteroatoms. The molecule has 0 spiro atoms. The van der Waals surface area contributed by atoms with E-state index in [4.69, 9.17) is 0 Å². The molecule has 0 aliphatic heterocycles. The summed E-state index contributed by atoms with van der Waals surface area (Å²) in [6.45, 7) is 0.713. The van der Waals surface area contributed by atoms with Gasteiger partial charge in [0.05, 0.1) is 12.8 Å². The lowest BCUT2D eigenvalue weighted by Gasteiger charge is -2.11. The fourth-order valence-electron chi connectivity index (χ4n) is 1.03. The van der Waals surface area contributed by atoms with Crippen molar-refractivity contribution in [3.63, 3.8) is 0 Å². The summed E-state index contributed by atoms with van der Waals surface area (Å²) >= 11 is 0. The van der Waals surface area contributed by atoms with E-state index in [2.05, 4.69) is 5.10 Å². The monoisotopic (exact) mass is 176 g/mol. The highest BCUT2D eigenvalue weighted by Crippen LogP contribution is 2.01. The molecule has 0 bridgehead atoms. The van der Waals surface area contributed by atoms with Gasteiger partial charge < -0.3 is 0 Å². The molecule has 3 nitrogen and oxygen atoms in total. The molecule has 0 aliphatic carbocycles. The van der Waals surface area contributed by atoms with Gasteiger partial charge in [-0.25, -0.2) is 0 Å². The summed E-state index contributed by atoms with van der Waals surface area (Å²) in [5.41, 5.74) is 1.17. The normalized spacial score (nSPS) is 10.2. The van der Waals surface area contributed by atoms with Crippen molar-refractivity contribution in [1.29, 1.82) is 0 Å². The van der Waals surface area contributed by atoms with E-state index in [1.165, 1.54) is 11.8 Å². The van der Waals surface area contributed by atoms with Crippen molar-refractivity contribution in [2.24, 2.45) is 5.10 Å². The summed E-state index contributed by atoms with van der Waals surface area (Å²) in [6, 6.07) is 9.97. The van der Waals surface area contributed by atoms with Gasteiger partial charge in [-0.1, -0.05) is 30.3 Å². The van der Waals surface area contributed by atoms with Crippen molar-refractivity contribution in [3.05, 3.63) is 35.9 Å². The zero-order valence-electron chi connectivity index (χ0n) is 7.55. The Kier molecular flexibility index (Phi) is 3.70. The predicted molar refractivity (Wildman–Crippen MR) is 52.5 cm³/mol. The van der Waals surface area contributed by atoms with Crippen LogP contribution in [0, 0.1) is 0 Å². The van der Waals surface area contributed by atoms with Crippen LogP contribution in [0.1, 0.15) is 5.56 Å². The minimum absolute atomic E-state index is 0.668. The van der Waals surface area contributed by atoms with Gasteiger partial charge in [0.15, 0.2) is 6.29 Å². The first-order valence-corrected chi connectivity index (χ1v) is 4.05. The molecular formula is C10H12N2O. The Balaban J connectivity index is 2.50. The molecule has 0 aromatic heterocycles. The van der Waals surface area contributed by atoms with E-state index in [-0.39, 0.29) is 0 Å². The van der Waals surface area contributed by atoms with Crippen molar-refractivity contribution in [1.82, 2.24) is 5.01 Å². The Labute approximate surface area is 77.7 Å². The molecule has 0 saturated heterocycles. The highest BCUT2D eigenvalue weighted by atomic mass is 16.1. The summed E-state index contributed by atoms with van der Waals surface area (Å²) in [4.78, 5) is 9.99. The van der Waals surface area contributed by atoms with Crippen LogP contribution in [0.15, 0.2) is 35.4 Å². The number of hydrazone groups is 1. The summed E-state index contributed by atoms with van der Waals surface area (Å²) in [5.74, 6) is 0. The van der Waals surface area contributed by atoms with Crippen molar-refractivity contribution < 1.29 is 4.79 Å². The molecule has 1 aromatic rings. The number of hydrogen-bond acceptors (Lipinski definition) is 3. The van der Waals surface area contributed by atoms with Crippen LogP contribution < -0.4 is 0 Å². The molecule has 0 saturated carbocycles. The standard InChI is InChI=1S/C10H12N2O/c1-12(11-7-8-13)9-10-5-3-2-4-6-10/h2-8H,9H2,1H3. The minimum atomic E-state index is 0.668. The molecule has 0 heterocycles. The fraction of sp³-hybridized carbons (Fsp3) is 0.200. The lowest BCUT2D eigenvalue weighted by molar-refractivity contribution is -0.102. The van der Waals surface area contributed by atoms with E-state index >= 15 is 0 Å². The molecule has 0 N–H and O–H groups in total. The molecule has 0 atom stereocenters. The van der Waals surface area contributed by atoms with Crippen molar-refractivity contribution in [2.45, 2.75) is 6.54 Å². The van der Waals surface area contributed by atoms with Gasteiger partial charge in [0, 0.05) is 7.05 Å². The second-order valence-corrected chi connectivity index (χ2v) is 2.70. The van der Waals surface area contributed by atoms with Crippen LogP contribution in [0.5, 0.6) is 0 Å². The first-order chi connectivity index (χ1) is 6.33. The smallest absolute Gasteiger partial charge is 0.162 e. The molecule has 68 valence electrons. The number of rotatable bonds is 4. The van der Waals surface area contributed by atoms with Gasteiger partial charge in [0.25, 0.3) is 0 Å². The van der Waals surface area contributed by atoms with Crippen LogP contribution in [0.25, 0.3) is 0 Å². The predicted octanol–water partition coefficient (Wildman–Crippen LogP) is 1.30. The van der Waals surface area contributed by atoms with E-state index in [0.29, 0.717) is 12.8 Å². The summed E-state index contributed by atoms with van der Waals surface area (Å²) in [6.07, 6.45) is 1.91. The third kappa shape index (κ3) is 3.51. The lowest BCUT2D eigenvalue weighted by Crippen LogP contribution is -2.10. The molecule has 1 rings (SSSR count). The van der Waals surface area contributed by atoms with Crippen molar-refractivity contribution in [3.8, 4) is 0 Å². The van der Waals surface area contributed by atoms with Gasteiger partial charge in [0.1, 0.15) is 0 Å². The second-order valence-electron chi connectivity index (χ2n) is 2.70. The number of hydrogen-bond donors (Lipinski definition) is 0. The first-order valence-electron chi connectivity index (χ1n) is 4.05. The maximum absolute atomic E-state index is 9.99. The van der Waals surface area contributed by atoms with Gasteiger partial charge in [-0.3, -0.25) is 9.80 Å². The third-order valence-corrected chi connectivity index (χ3v) is 1.58. The van der Waals surface area contributed by atoms with E-state index < -0.39 is 0 Å². The zero-order valence-corrected chi connectivity index (χ0v) is 7.55. The molecule has 0 unspecified atom stereocenters. The summed E-state index contributed by atoms with van der Waals surface area (Å²) in [5, 5.41) is 5.59. The van der Waals surface area contributed by atoms with Crippen LogP contribution in [0.3, 0.4) is 0 Å². The highest BCUT2D eigenvalue weighted by Gasteiger charge is 1.93. The summed E-state index contributed by atoms with van der Waals surface area (Å²) in [7, 11) is 1.83. The van der Waals surface area contributed by atoms with E-state index in [0.717, 1.165) is 0 Å². The molecular weight excluding hydrogens is 164 g/mol. The Hall–Kier alpha value is -1.64. The number of benzene rings is 1. The lowest BCUT2D eigenvalue weighted by atomic mass is 10.2. The average Bonchev–Trinajstić information content (AvgIpc) is 2.16. The van der Waals surface area contributed by atoms with E-state index in [9.17, 15) is 4.79 Å². The van der Waals surface area contributed by atoms with Crippen LogP contribution in [0.4, 0.5) is 0 Å². The van der Waals surface area contributed by atoms with Gasteiger partial charge in [-0.05, 0) is 5.56 Å². The SMILES string of the molecule is CN(Cc1ccccc1)N=CC=O. The van der Waals surface area contributed by atoms with Crippen LogP contribution in [-0.4, -0.2) is 24.6 Å². The Morgan fingerprint density at radius 3 is 2.69 bits per heavy atom. The first kappa shape index (κ1) is 9.45. The molecule has 13 heavy (non-hydrogen) atoms. The van der Waals surface area contributed by atoms with Crippen LogP contribution in [0.2, 0.25) is 0 Å². The molecule has 0 radical (unpaired) electrons. The average molecular weight is 176 g/mol. The maximum Gasteiger partial charge on any atom is 0.162 e. The van der Waals surface area contributed by atoms with Crippen LogP contribution >= 0.6 is 0 Å². The zero-order chi connectivity index (χ0) is 9.52. The fourth-order valence-corrected chi connectivity index (χ4v) is 1.03. The number of nitrogens with zero attached hydrogens (tertiary/aromatic N) is 2. The maximum atomic E-state index is 9.99. The largest absolute Gasteiger partial charge is 0.297 e. The van der Waals surface area contributed by atoms with Crippen LogP contribution in [-0.2, 0) is 11.3 Å². The van der Waals surface area contributed by atoms with Gasteiger partial charge >= 0.3 is 0 Å². The van der Waals surface area contributed by atoms with Gasteiger partial charge in [0.2, 0.25) is 0 Å². The molecule has 0 amide bonds. The molecule has 0 aliphatic rings. The number of carbonyl (C=O) groups is 1. The quantitative estimate of drug-likeness (QED) is 0.393. The Bertz CT molecular complexity index is 282. The van der Waals surface area contributed by atoms with E-state index in [1.807, 2.05) is 37.4 Å². The van der Waals surface area contributed by atoms with Gasteiger partial charge in [-0.2, -0.15) is 5.10 Å². The molecule has 1 aromatic carbocycles. The third-order valence-electron chi connectivity index (χ3n) is 1.58. The van der Waals surface area contributed by atoms with Gasteiger partial charge in [-0.15, -0.1) is 0 Å². The highest BCUT2D eigenvalue weighted by molar-refractivity contribution is 6.12. The van der Waals surface area contributed by atoms with E-state index in [1.54, 1.807) is 5.01 Å². The number of aldehydes is 1. The Morgan fingerprint density at radius 2 is 2.08 bits per heavy atom. The molecule has 0 fully saturated rings.